The minimum atomic E-state index is -0.528. The SMILES string of the molecule is O=C(N[C@H]1CC[C@H](CCN2CCN(c3ccc(F)cc3F)CC2)CC1)C1=CCCCC1. The number of nitrogens with one attached hydrogen (secondary N) is 1. The number of nitrogens with zero attached hydrogens (tertiary/aromatic N) is 2. The number of carbonyl (C=O) groups excluding carboxylic acids is 1. The Labute approximate surface area is 184 Å². The molecule has 3 aliphatic rings. The highest BCUT2D eigenvalue weighted by Crippen LogP contribution is 2.28. The molecule has 0 aromatic heterocycles. The Hall–Kier alpha value is -1.95. The van der Waals surface area contributed by atoms with Gasteiger partial charge in [0.2, 0.25) is 5.91 Å². The maximum atomic E-state index is 14.0. The van der Waals surface area contributed by atoms with E-state index in [0.29, 0.717) is 11.7 Å². The second-order valence-corrected chi connectivity index (χ2v) is 9.38. The lowest BCUT2D eigenvalue weighted by atomic mass is 9.83. The van der Waals surface area contributed by atoms with E-state index in [-0.39, 0.29) is 5.91 Å². The van der Waals surface area contributed by atoms with Crippen LogP contribution in [0.1, 0.15) is 57.8 Å². The minimum absolute atomic E-state index is 0.165. The number of amides is 1. The van der Waals surface area contributed by atoms with Crippen molar-refractivity contribution in [3.63, 3.8) is 0 Å². The zero-order valence-corrected chi connectivity index (χ0v) is 18.4. The molecule has 1 amide bonds. The number of rotatable bonds is 6. The normalized spacial score (nSPS) is 25.2. The lowest BCUT2D eigenvalue weighted by Crippen LogP contribution is -2.47. The number of allylic oxidation sites excluding steroid dienone is 1. The molecular weight excluding hydrogens is 396 g/mol. The van der Waals surface area contributed by atoms with Crippen LogP contribution in [0.25, 0.3) is 0 Å². The molecule has 170 valence electrons. The van der Waals surface area contributed by atoms with Crippen LogP contribution in [0.5, 0.6) is 0 Å². The van der Waals surface area contributed by atoms with E-state index in [2.05, 4.69) is 16.3 Å². The van der Waals surface area contributed by atoms with Gasteiger partial charge in [0.25, 0.3) is 0 Å². The van der Waals surface area contributed by atoms with Crippen molar-refractivity contribution in [1.29, 1.82) is 0 Å². The summed E-state index contributed by atoms with van der Waals surface area (Å²) in [5.74, 6) is -0.106. The van der Waals surface area contributed by atoms with Gasteiger partial charge in [-0.1, -0.05) is 6.08 Å². The predicted octanol–water partition coefficient (Wildman–Crippen LogP) is 4.65. The van der Waals surface area contributed by atoms with Gasteiger partial charge in [0, 0.05) is 43.9 Å². The third-order valence-corrected chi connectivity index (χ3v) is 7.24. The zero-order valence-electron chi connectivity index (χ0n) is 18.4. The van der Waals surface area contributed by atoms with Crippen LogP contribution in [-0.2, 0) is 4.79 Å². The summed E-state index contributed by atoms with van der Waals surface area (Å²) in [6.07, 6.45) is 12.2. The maximum Gasteiger partial charge on any atom is 0.247 e. The van der Waals surface area contributed by atoms with Crippen LogP contribution in [0.15, 0.2) is 29.8 Å². The smallest absolute Gasteiger partial charge is 0.247 e. The first-order valence-electron chi connectivity index (χ1n) is 12.0. The Morgan fingerprint density at radius 2 is 1.81 bits per heavy atom. The van der Waals surface area contributed by atoms with Gasteiger partial charge in [-0.15, -0.1) is 0 Å². The van der Waals surface area contributed by atoms with Crippen molar-refractivity contribution in [3.05, 3.63) is 41.5 Å². The summed E-state index contributed by atoms with van der Waals surface area (Å²) in [6.45, 7) is 4.46. The Balaban J connectivity index is 1.14. The third kappa shape index (κ3) is 6.06. The van der Waals surface area contributed by atoms with Crippen LogP contribution >= 0.6 is 0 Å². The molecule has 1 aromatic carbocycles. The van der Waals surface area contributed by atoms with E-state index in [9.17, 15) is 13.6 Å². The van der Waals surface area contributed by atoms with Gasteiger partial charge in [0.15, 0.2) is 0 Å². The summed E-state index contributed by atoms with van der Waals surface area (Å²) < 4.78 is 27.2. The van der Waals surface area contributed by atoms with Gasteiger partial charge in [-0.05, 0) is 82.4 Å². The van der Waals surface area contributed by atoms with Crippen molar-refractivity contribution in [2.45, 2.75) is 63.8 Å². The number of hydrogen-bond donors (Lipinski definition) is 1. The third-order valence-electron chi connectivity index (χ3n) is 7.24. The van der Waals surface area contributed by atoms with E-state index in [0.717, 1.165) is 82.4 Å². The van der Waals surface area contributed by atoms with E-state index >= 15 is 0 Å². The highest BCUT2D eigenvalue weighted by atomic mass is 19.1. The molecule has 1 saturated carbocycles. The fraction of sp³-hybridized carbons (Fsp3) is 0.640. The molecule has 1 saturated heterocycles. The van der Waals surface area contributed by atoms with Crippen molar-refractivity contribution in [3.8, 4) is 0 Å². The molecule has 1 aromatic rings. The topological polar surface area (TPSA) is 35.6 Å². The predicted molar refractivity (Wildman–Crippen MR) is 120 cm³/mol. The Morgan fingerprint density at radius 1 is 1.03 bits per heavy atom. The van der Waals surface area contributed by atoms with Crippen molar-refractivity contribution >= 4 is 11.6 Å². The molecule has 0 bridgehead atoms. The molecule has 4 nitrogen and oxygen atoms in total. The molecule has 1 aliphatic heterocycles. The van der Waals surface area contributed by atoms with E-state index in [1.807, 2.05) is 4.90 Å². The van der Waals surface area contributed by atoms with Crippen molar-refractivity contribution in [2.24, 2.45) is 5.92 Å². The molecule has 4 rings (SSSR count). The number of benzene rings is 1. The van der Waals surface area contributed by atoms with Gasteiger partial charge in [0.1, 0.15) is 11.6 Å². The molecule has 31 heavy (non-hydrogen) atoms. The van der Waals surface area contributed by atoms with Gasteiger partial charge in [-0.25, -0.2) is 8.78 Å². The van der Waals surface area contributed by atoms with Gasteiger partial charge >= 0.3 is 0 Å². The first-order valence-corrected chi connectivity index (χ1v) is 12.0. The zero-order chi connectivity index (χ0) is 21.6. The van der Waals surface area contributed by atoms with Crippen LogP contribution in [0, 0.1) is 17.6 Å². The van der Waals surface area contributed by atoms with Gasteiger partial charge in [-0.2, -0.15) is 0 Å². The van der Waals surface area contributed by atoms with Crippen molar-refractivity contribution in [1.82, 2.24) is 10.2 Å². The molecule has 1 N–H and O–H groups in total. The summed E-state index contributed by atoms with van der Waals surface area (Å²) in [4.78, 5) is 16.9. The summed E-state index contributed by atoms with van der Waals surface area (Å²) in [6, 6.07) is 4.17. The van der Waals surface area contributed by atoms with Crippen molar-refractivity contribution < 1.29 is 13.6 Å². The largest absolute Gasteiger partial charge is 0.367 e. The fourth-order valence-electron chi connectivity index (χ4n) is 5.23. The van der Waals surface area contributed by atoms with Crippen LogP contribution < -0.4 is 10.2 Å². The Kier molecular flexibility index (Phi) is 7.59. The first-order chi connectivity index (χ1) is 15.1. The van der Waals surface area contributed by atoms with Gasteiger partial charge in [-0.3, -0.25) is 9.69 Å². The van der Waals surface area contributed by atoms with Gasteiger partial charge in [0.05, 0.1) is 5.69 Å². The minimum Gasteiger partial charge on any atom is -0.367 e. The molecule has 6 heteroatoms. The summed E-state index contributed by atoms with van der Waals surface area (Å²) in [5.41, 5.74) is 1.50. The molecule has 0 radical (unpaired) electrons. The quantitative estimate of drug-likeness (QED) is 0.712. The second kappa shape index (κ2) is 10.6. The monoisotopic (exact) mass is 431 g/mol. The average Bonchev–Trinajstić information content (AvgIpc) is 2.80. The average molecular weight is 432 g/mol. The second-order valence-electron chi connectivity index (χ2n) is 9.38. The summed E-state index contributed by atoms with van der Waals surface area (Å²) in [7, 11) is 0. The van der Waals surface area contributed by atoms with Crippen LogP contribution in [0.4, 0.5) is 14.5 Å². The molecule has 0 atom stereocenters. The van der Waals surface area contributed by atoms with Gasteiger partial charge < -0.3 is 10.2 Å². The molecular formula is C25H35F2N3O. The highest BCUT2D eigenvalue weighted by Gasteiger charge is 2.25. The van der Waals surface area contributed by atoms with Crippen LogP contribution in [-0.4, -0.2) is 49.6 Å². The standard InChI is InChI=1S/C25H35F2N3O/c26-21-8-11-24(23(27)18-21)30-16-14-29(15-17-30)13-12-19-6-9-22(10-7-19)28-25(31)20-4-2-1-3-5-20/h4,8,11,18-19,22H,1-3,5-7,9-10,12-17H2,(H,28,31)/t19-,22-. The van der Waals surface area contributed by atoms with Crippen LogP contribution in [0.2, 0.25) is 0 Å². The molecule has 2 fully saturated rings. The maximum absolute atomic E-state index is 14.0. The fourth-order valence-corrected chi connectivity index (χ4v) is 5.23. The number of carbonyl (C=O) groups is 1. The Bertz CT molecular complexity index is 781. The van der Waals surface area contributed by atoms with E-state index in [1.165, 1.54) is 31.7 Å². The van der Waals surface area contributed by atoms with Crippen LogP contribution in [0.3, 0.4) is 0 Å². The summed E-state index contributed by atoms with van der Waals surface area (Å²) in [5, 5.41) is 3.27. The number of halogens is 2. The number of hydrogen-bond acceptors (Lipinski definition) is 3. The summed E-state index contributed by atoms with van der Waals surface area (Å²) >= 11 is 0. The Morgan fingerprint density at radius 3 is 2.48 bits per heavy atom. The first kappa shape index (κ1) is 22.3. The van der Waals surface area contributed by atoms with Crippen molar-refractivity contribution in [2.75, 3.05) is 37.6 Å². The van der Waals surface area contributed by atoms with E-state index < -0.39 is 11.6 Å². The molecule has 0 spiro atoms. The number of piperazine rings is 1. The lowest BCUT2D eigenvalue weighted by Gasteiger charge is -2.37. The lowest BCUT2D eigenvalue weighted by molar-refractivity contribution is -0.118. The number of anilines is 1. The molecule has 1 heterocycles. The highest BCUT2D eigenvalue weighted by molar-refractivity contribution is 5.93. The van der Waals surface area contributed by atoms with E-state index in [1.54, 1.807) is 6.07 Å². The molecule has 0 unspecified atom stereocenters. The van der Waals surface area contributed by atoms with E-state index in [4.69, 9.17) is 0 Å². The molecule has 2 aliphatic carbocycles.